The number of nitrogens with one attached hydrogen (secondary N) is 3. The average Bonchev–Trinajstić information content (AvgIpc) is 3.36. The van der Waals surface area contributed by atoms with Gasteiger partial charge in [-0.25, -0.2) is 29.1 Å². The minimum Gasteiger partial charge on any atom is -0.444 e. The maximum absolute atomic E-state index is 15.2. The number of anilines is 3. The first kappa shape index (κ1) is 31.9. The summed E-state index contributed by atoms with van der Waals surface area (Å²) in [6.45, 7) is 9.23. The maximum Gasteiger partial charge on any atom is 0.407 e. The molecule has 45 heavy (non-hydrogen) atoms. The molecule has 1 fully saturated rings. The molecule has 5 rings (SSSR count). The number of benzene rings is 1. The van der Waals surface area contributed by atoms with Crippen molar-refractivity contribution >= 4 is 52.1 Å². The molecule has 0 saturated carbocycles. The fourth-order valence-corrected chi connectivity index (χ4v) is 5.37. The molecular formula is C31H37ClFN9O3. The van der Waals surface area contributed by atoms with Crippen molar-refractivity contribution in [3.8, 4) is 0 Å². The van der Waals surface area contributed by atoms with E-state index < -0.39 is 23.4 Å². The van der Waals surface area contributed by atoms with E-state index >= 15 is 4.39 Å². The third-order valence-corrected chi connectivity index (χ3v) is 7.65. The predicted octanol–water partition coefficient (Wildman–Crippen LogP) is 5.42. The Morgan fingerprint density at radius 2 is 1.78 bits per heavy atom. The number of fused-ring (bicyclic) bond motifs is 1. The maximum atomic E-state index is 15.2. The van der Waals surface area contributed by atoms with Crippen LogP contribution in [0.25, 0.3) is 11.0 Å². The van der Waals surface area contributed by atoms with Crippen LogP contribution in [0, 0.1) is 5.82 Å². The summed E-state index contributed by atoms with van der Waals surface area (Å²) >= 11 is 6.69. The first-order chi connectivity index (χ1) is 21.5. The minimum absolute atomic E-state index is 0.129. The average molecular weight is 638 g/mol. The fourth-order valence-electron chi connectivity index (χ4n) is 5.09. The van der Waals surface area contributed by atoms with Crippen molar-refractivity contribution in [3.05, 3.63) is 65.1 Å². The highest BCUT2D eigenvalue weighted by atomic mass is 35.5. The smallest absolute Gasteiger partial charge is 0.407 e. The molecule has 3 aromatic heterocycles. The summed E-state index contributed by atoms with van der Waals surface area (Å²) in [4.78, 5) is 44.3. The van der Waals surface area contributed by atoms with Crippen molar-refractivity contribution < 1.29 is 18.7 Å². The van der Waals surface area contributed by atoms with Crippen molar-refractivity contribution in [1.29, 1.82) is 0 Å². The quantitative estimate of drug-likeness (QED) is 0.205. The number of carbonyl (C=O) groups excluding carboxylic acids is 2. The molecule has 0 atom stereocenters. The Morgan fingerprint density at radius 1 is 1.07 bits per heavy atom. The van der Waals surface area contributed by atoms with E-state index in [2.05, 4.69) is 52.3 Å². The molecule has 0 spiro atoms. The molecule has 0 radical (unpaired) electrons. The number of carbonyl (C=O) groups is 2. The van der Waals surface area contributed by atoms with Gasteiger partial charge in [0, 0.05) is 56.4 Å². The molecule has 14 heteroatoms. The zero-order valence-electron chi connectivity index (χ0n) is 25.7. The molecule has 238 valence electrons. The van der Waals surface area contributed by atoms with Crippen LogP contribution in [0.1, 0.15) is 62.5 Å². The second-order valence-corrected chi connectivity index (χ2v) is 12.2. The summed E-state index contributed by atoms with van der Waals surface area (Å²) in [5.74, 6) is -0.0320. The SMILES string of the molecule is CCc1cnc(N2CCC(n3cc(Cl)c4c(Nc5ccc(C(=O)NCCNC(=O)OC(C)(C)C)cc5F)ncnc43)CC2)nc1. The zero-order valence-corrected chi connectivity index (χ0v) is 26.5. The largest absolute Gasteiger partial charge is 0.444 e. The van der Waals surface area contributed by atoms with Crippen LogP contribution in [0.15, 0.2) is 43.1 Å². The molecule has 0 bridgehead atoms. The lowest BCUT2D eigenvalue weighted by Crippen LogP contribution is -2.37. The van der Waals surface area contributed by atoms with E-state index in [1.165, 1.54) is 18.5 Å². The summed E-state index contributed by atoms with van der Waals surface area (Å²) in [5.41, 5.74) is 1.39. The Morgan fingerprint density at radius 3 is 2.44 bits per heavy atom. The third kappa shape index (κ3) is 7.77. The van der Waals surface area contributed by atoms with E-state index in [9.17, 15) is 9.59 Å². The van der Waals surface area contributed by atoms with Crippen molar-refractivity contribution in [1.82, 2.24) is 35.1 Å². The van der Waals surface area contributed by atoms with Gasteiger partial charge in [-0.05, 0) is 63.8 Å². The summed E-state index contributed by atoms with van der Waals surface area (Å²) in [5, 5.41) is 9.25. The predicted molar refractivity (Wildman–Crippen MR) is 171 cm³/mol. The van der Waals surface area contributed by atoms with Crippen molar-refractivity contribution in [2.45, 2.75) is 58.6 Å². The topological polar surface area (TPSA) is 139 Å². The number of halogens is 2. The molecule has 1 aromatic carbocycles. The standard InChI is InChI=1S/C31H37ClFN9O3/c1-5-19-15-36-29(37-16-19)41-12-8-21(9-13-41)42-17-22(32)25-26(38-18-39-27(25)42)40-24-7-6-20(14-23(24)33)28(43)34-10-11-35-30(44)45-31(2,3)4/h6-7,14-18,21H,5,8-13H2,1-4H3,(H,34,43)(H,35,44)(H,38,39,40). The van der Waals surface area contributed by atoms with Gasteiger partial charge in [-0.2, -0.15) is 0 Å². The molecule has 1 saturated heterocycles. The number of aryl methyl sites for hydroxylation is 1. The molecule has 0 unspecified atom stereocenters. The number of aromatic nitrogens is 5. The van der Waals surface area contributed by atoms with Gasteiger partial charge in [0.2, 0.25) is 5.95 Å². The van der Waals surface area contributed by atoms with Crippen LogP contribution in [0.2, 0.25) is 5.02 Å². The van der Waals surface area contributed by atoms with Crippen LogP contribution in [-0.2, 0) is 11.2 Å². The number of hydrogen-bond acceptors (Lipinski definition) is 9. The lowest BCUT2D eigenvalue weighted by Gasteiger charge is -2.32. The van der Waals surface area contributed by atoms with Crippen LogP contribution < -0.4 is 20.9 Å². The third-order valence-electron chi connectivity index (χ3n) is 7.37. The van der Waals surface area contributed by atoms with Crippen LogP contribution in [0.3, 0.4) is 0 Å². The van der Waals surface area contributed by atoms with E-state index in [0.717, 1.165) is 49.9 Å². The van der Waals surface area contributed by atoms with Crippen molar-refractivity contribution in [2.24, 2.45) is 0 Å². The zero-order chi connectivity index (χ0) is 32.1. The fraction of sp³-hybridized carbons (Fsp3) is 0.419. The van der Waals surface area contributed by atoms with Crippen LogP contribution >= 0.6 is 11.6 Å². The van der Waals surface area contributed by atoms with Gasteiger partial charge in [0.25, 0.3) is 5.91 Å². The highest BCUT2D eigenvalue weighted by Gasteiger charge is 2.26. The Bertz CT molecular complexity index is 1670. The van der Waals surface area contributed by atoms with E-state index in [-0.39, 0.29) is 30.4 Å². The summed E-state index contributed by atoms with van der Waals surface area (Å²) in [6, 6.07) is 4.26. The lowest BCUT2D eigenvalue weighted by atomic mass is 10.1. The molecule has 4 heterocycles. The molecule has 1 aliphatic heterocycles. The molecule has 3 N–H and O–H groups in total. The molecule has 12 nitrogen and oxygen atoms in total. The van der Waals surface area contributed by atoms with Gasteiger partial charge in [0.05, 0.1) is 16.1 Å². The Labute approximate surface area is 265 Å². The van der Waals surface area contributed by atoms with Gasteiger partial charge >= 0.3 is 6.09 Å². The molecule has 1 aliphatic rings. The summed E-state index contributed by atoms with van der Waals surface area (Å²) in [7, 11) is 0. The molecule has 0 aliphatic carbocycles. The van der Waals surface area contributed by atoms with Gasteiger partial charge in [-0.15, -0.1) is 0 Å². The molecule has 4 aromatic rings. The normalized spacial score (nSPS) is 14.0. The van der Waals surface area contributed by atoms with Gasteiger partial charge < -0.3 is 30.2 Å². The van der Waals surface area contributed by atoms with E-state index in [1.807, 2.05) is 18.6 Å². The first-order valence-electron chi connectivity index (χ1n) is 14.9. The van der Waals surface area contributed by atoms with E-state index in [1.54, 1.807) is 20.8 Å². The Hall–Kier alpha value is -4.52. The van der Waals surface area contributed by atoms with Crippen LogP contribution in [-0.4, -0.2) is 68.3 Å². The second-order valence-electron chi connectivity index (χ2n) is 11.8. The van der Waals surface area contributed by atoms with Gasteiger partial charge in [-0.1, -0.05) is 18.5 Å². The highest BCUT2D eigenvalue weighted by molar-refractivity contribution is 6.36. The number of piperidine rings is 1. The van der Waals surface area contributed by atoms with Gasteiger partial charge in [-0.3, -0.25) is 4.79 Å². The number of nitrogens with zero attached hydrogens (tertiary/aromatic N) is 6. The molecule has 2 amide bonds. The Kier molecular flexibility index (Phi) is 9.66. The van der Waals surface area contributed by atoms with Gasteiger partial charge in [0.1, 0.15) is 29.2 Å². The van der Waals surface area contributed by atoms with Gasteiger partial charge in [0.15, 0.2) is 0 Å². The van der Waals surface area contributed by atoms with E-state index in [0.29, 0.717) is 21.9 Å². The number of hydrogen-bond donors (Lipinski definition) is 3. The number of alkyl carbamates (subject to hydrolysis) is 1. The van der Waals surface area contributed by atoms with Crippen LogP contribution in [0.5, 0.6) is 0 Å². The number of rotatable bonds is 9. The summed E-state index contributed by atoms with van der Waals surface area (Å²) < 4.78 is 22.4. The highest BCUT2D eigenvalue weighted by Crippen LogP contribution is 2.36. The number of amides is 2. The monoisotopic (exact) mass is 637 g/mol. The summed E-state index contributed by atoms with van der Waals surface area (Å²) in [6.07, 6.45) is 9.03. The minimum atomic E-state index is -0.640. The number of ether oxygens (including phenoxy) is 1. The van der Waals surface area contributed by atoms with Crippen LogP contribution in [0.4, 0.5) is 26.6 Å². The van der Waals surface area contributed by atoms with Crippen molar-refractivity contribution in [3.63, 3.8) is 0 Å². The van der Waals surface area contributed by atoms with Crippen molar-refractivity contribution in [2.75, 3.05) is 36.4 Å². The van der Waals surface area contributed by atoms with E-state index in [4.69, 9.17) is 16.3 Å². The first-order valence-corrected chi connectivity index (χ1v) is 15.3. The lowest BCUT2D eigenvalue weighted by molar-refractivity contribution is 0.0526. The Balaban J connectivity index is 1.22. The second kappa shape index (κ2) is 13.6. The molecular weight excluding hydrogens is 601 g/mol.